The molecule has 0 bridgehead atoms. The fourth-order valence-electron chi connectivity index (χ4n) is 3.47. The van der Waals surface area contributed by atoms with Gasteiger partial charge in [-0.2, -0.15) is 10.2 Å². The highest BCUT2D eigenvalue weighted by atomic mass is 35.5. The van der Waals surface area contributed by atoms with E-state index < -0.39 is 6.16 Å². The number of nitrogens with zero attached hydrogens (tertiary/aromatic N) is 3. The first-order valence-corrected chi connectivity index (χ1v) is 8.82. The molecule has 0 radical (unpaired) electrons. The van der Waals surface area contributed by atoms with Crippen molar-refractivity contribution >= 4 is 39.6 Å². The maximum absolute atomic E-state index is 10.8. The van der Waals surface area contributed by atoms with Crippen LogP contribution in [0.2, 0.25) is 5.02 Å². The van der Waals surface area contributed by atoms with Crippen molar-refractivity contribution in [3.05, 3.63) is 53.3 Å². The summed E-state index contributed by atoms with van der Waals surface area (Å²) in [7, 11) is 0. The molecule has 27 heavy (non-hydrogen) atoms. The Balaban J connectivity index is 1.88. The highest BCUT2D eigenvalue weighted by Gasteiger charge is 2.24. The SMILES string of the molecule is CC(C)C(c1cc(Cl)cc2cn[nH]c12)n1ncc2cc(OC(=O)O)ccc21. The maximum atomic E-state index is 10.8. The number of hydrogen-bond acceptors (Lipinski definition) is 4. The van der Waals surface area contributed by atoms with Crippen LogP contribution in [0.1, 0.15) is 25.5 Å². The molecular weight excluding hydrogens is 368 g/mol. The Labute approximate surface area is 159 Å². The molecule has 0 aliphatic carbocycles. The van der Waals surface area contributed by atoms with E-state index in [0.29, 0.717) is 5.02 Å². The molecule has 8 heteroatoms. The number of aromatic nitrogens is 4. The van der Waals surface area contributed by atoms with Crippen LogP contribution in [0.3, 0.4) is 0 Å². The smallest absolute Gasteiger partial charge is 0.449 e. The van der Waals surface area contributed by atoms with Crippen LogP contribution in [0.15, 0.2) is 42.7 Å². The van der Waals surface area contributed by atoms with Gasteiger partial charge in [-0.3, -0.25) is 9.78 Å². The molecule has 0 fully saturated rings. The van der Waals surface area contributed by atoms with Gasteiger partial charge in [-0.15, -0.1) is 0 Å². The predicted octanol–water partition coefficient (Wildman–Crippen LogP) is 4.87. The van der Waals surface area contributed by atoms with Crippen molar-refractivity contribution in [3.63, 3.8) is 0 Å². The zero-order valence-corrected chi connectivity index (χ0v) is 15.4. The number of fused-ring (bicyclic) bond motifs is 2. The Morgan fingerprint density at radius 3 is 2.78 bits per heavy atom. The molecule has 0 saturated heterocycles. The van der Waals surface area contributed by atoms with Gasteiger partial charge in [0.25, 0.3) is 0 Å². The van der Waals surface area contributed by atoms with Crippen molar-refractivity contribution in [3.8, 4) is 5.75 Å². The first-order valence-electron chi connectivity index (χ1n) is 8.44. The van der Waals surface area contributed by atoms with Crippen molar-refractivity contribution in [1.29, 1.82) is 0 Å². The number of rotatable bonds is 4. The number of H-pyrrole nitrogens is 1. The Kier molecular flexibility index (Phi) is 4.24. The Morgan fingerprint density at radius 1 is 1.22 bits per heavy atom. The average Bonchev–Trinajstić information content (AvgIpc) is 3.21. The Hall–Kier alpha value is -3.06. The topological polar surface area (TPSA) is 93.0 Å². The van der Waals surface area contributed by atoms with Crippen LogP contribution in [-0.4, -0.2) is 31.2 Å². The van der Waals surface area contributed by atoms with Crippen LogP contribution in [0.4, 0.5) is 4.79 Å². The van der Waals surface area contributed by atoms with Crippen LogP contribution >= 0.6 is 11.6 Å². The lowest BCUT2D eigenvalue weighted by Crippen LogP contribution is -2.18. The summed E-state index contributed by atoms with van der Waals surface area (Å²) in [6, 6.07) is 8.81. The lowest BCUT2D eigenvalue weighted by molar-refractivity contribution is 0.144. The van der Waals surface area contributed by atoms with E-state index in [-0.39, 0.29) is 17.7 Å². The van der Waals surface area contributed by atoms with E-state index in [1.165, 1.54) is 0 Å². The second-order valence-electron chi connectivity index (χ2n) is 6.70. The summed E-state index contributed by atoms with van der Waals surface area (Å²) in [6.45, 7) is 4.23. The number of nitrogens with one attached hydrogen (secondary N) is 1. The molecule has 0 amide bonds. The molecule has 4 aromatic rings. The standard InChI is InChI=1S/C19H17ClN4O3/c1-10(2)18(15-7-13(20)5-12-8-21-23-17(12)15)24-16-4-3-14(27-19(25)26)6-11(16)9-22-24/h3-10,18H,1-2H3,(H,21,23)(H,25,26). The monoisotopic (exact) mass is 384 g/mol. The highest BCUT2D eigenvalue weighted by Crippen LogP contribution is 2.35. The van der Waals surface area contributed by atoms with E-state index in [1.54, 1.807) is 24.5 Å². The summed E-state index contributed by atoms with van der Waals surface area (Å²) >= 11 is 6.33. The van der Waals surface area contributed by atoms with E-state index in [2.05, 4.69) is 29.1 Å². The van der Waals surface area contributed by atoms with Gasteiger partial charge in [0, 0.05) is 21.4 Å². The minimum absolute atomic E-state index is 0.0876. The van der Waals surface area contributed by atoms with Crippen LogP contribution in [0, 0.1) is 5.92 Å². The van der Waals surface area contributed by atoms with Gasteiger partial charge >= 0.3 is 6.16 Å². The second-order valence-corrected chi connectivity index (χ2v) is 7.13. The number of carboxylic acid groups (broad SMARTS) is 1. The average molecular weight is 385 g/mol. The van der Waals surface area contributed by atoms with Crippen molar-refractivity contribution < 1.29 is 14.6 Å². The Bertz CT molecular complexity index is 1150. The van der Waals surface area contributed by atoms with Crippen molar-refractivity contribution in [2.45, 2.75) is 19.9 Å². The van der Waals surface area contributed by atoms with Crippen molar-refractivity contribution in [2.24, 2.45) is 5.92 Å². The van der Waals surface area contributed by atoms with E-state index >= 15 is 0 Å². The number of halogens is 1. The van der Waals surface area contributed by atoms with Gasteiger partial charge in [0.05, 0.1) is 29.5 Å². The van der Waals surface area contributed by atoms with Gasteiger partial charge in [0.2, 0.25) is 0 Å². The summed E-state index contributed by atoms with van der Waals surface area (Å²) in [5.74, 6) is 0.474. The van der Waals surface area contributed by atoms with E-state index in [1.807, 2.05) is 22.9 Å². The van der Waals surface area contributed by atoms with E-state index in [9.17, 15) is 4.79 Å². The molecule has 0 spiro atoms. The number of carbonyl (C=O) groups is 1. The summed E-state index contributed by atoms with van der Waals surface area (Å²) in [6.07, 6.45) is 2.11. The van der Waals surface area contributed by atoms with Gasteiger partial charge in [0.15, 0.2) is 0 Å². The molecule has 1 atom stereocenters. The van der Waals surface area contributed by atoms with Gasteiger partial charge in [-0.1, -0.05) is 25.4 Å². The third-order valence-corrected chi connectivity index (χ3v) is 4.75. The molecule has 7 nitrogen and oxygen atoms in total. The highest BCUT2D eigenvalue weighted by molar-refractivity contribution is 6.31. The van der Waals surface area contributed by atoms with Crippen LogP contribution in [0.5, 0.6) is 5.75 Å². The van der Waals surface area contributed by atoms with Crippen molar-refractivity contribution in [1.82, 2.24) is 20.0 Å². The lowest BCUT2D eigenvalue weighted by atomic mass is 9.94. The first-order chi connectivity index (χ1) is 12.9. The number of hydrogen-bond donors (Lipinski definition) is 2. The fourth-order valence-corrected chi connectivity index (χ4v) is 3.71. The molecule has 2 N–H and O–H groups in total. The van der Waals surface area contributed by atoms with Crippen molar-refractivity contribution in [2.75, 3.05) is 0 Å². The molecular formula is C19H17ClN4O3. The van der Waals surface area contributed by atoms with E-state index in [4.69, 9.17) is 21.4 Å². The zero-order chi connectivity index (χ0) is 19.1. The summed E-state index contributed by atoms with van der Waals surface area (Å²) in [4.78, 5) is 10.8. The fraction of sp³-hybridized carbons (Fsp3) is 0.211. The molecule has 2 aromatic heterocycles. The summed E-state index contributed by atoms with van der Waals surface area (Å²) in [5.41, 5.74) is 2.80. The van der Waals surface area contributed by atoms with E-state index in [0.717, 1.165) is 27.4 Å². The van der Waals surface area contributed by atoms with Gasteiger partial charge in [-0.05, 0) is 36.2 Å². The largest absolute Gasteiger partial charge is 0.511 e. The minimum Gasteiger partial charge on any atom is -0.449 e. The molecule has 4 rings (SSSR count). The number of benzene rings is 2. The molecule has 0 aliphatic rings. The van der Waals surface area contributed by atoms with Crippen LogP contribution in [-0.2, 0) is 0 Å². The Morgan fingerprint density at radius 2 is 2.04 bits per heavy atom. The van der Waals surface area contributed by atoms with Crippen LogP contribution in [0.25, 0.3) is 21.8 Å². The molecule has 2 heterocycles. The normalized spacial score (nSPS) is 12.7. The quantitative estimate of drug-likeness (QED) is 0.387. The molecule has 0 aliphatic heterocycles. The van der Waals surface area contributed by atoms with Gasteiger partial charge < -0.3 is 9.84 Å². The first kappa shape index (κ1) is 17.4. The molecule has 138 valence electrons. The van der Waals surface area contributed by atoms with Gasteiger partial charge in [0.1, 0.15) is 5.75 Å². The van der Waals surface area contributed by atoms with Crippen LogP contribution < -0.4 is 4.74 Å². The minimum atomic E-state index is -1.35. The zero-order valence-electron chi connectivity index (χ0n) is 14.7. The summed E-state index contributed by atoms with van der Waals surface area (Å²) < 4.78 is 6.66. The third kappa shape index (κ3) is 3.10. The lowest BCUT2D eigenvalue weighted by Gasteiger charge is -2.24. The molecule has 1 unspecified atom stereocenters. The number of aromatic amines is 1. The predicted molar refractivity (Wildman–Crippen MR) is 102 cm³/mol. The maximum Gasteiger partial charge on any atom is 0.511 e. The third-order valence-electron chi connectivity index (χ3n) is 4.53. The molecule has 0 saturated carbocycles. The summed E-state index contributed by atoms with van der Waals surface area (Å²) in [5, 5.41) is 22.9. The second kappa shape index (κ2) is 6.59. The van der Waals surface area contributed by atoms with Gasteiger partial charge in [-0.25, -0.2) is 4.79 Å². The molecule has 2 aromatic carbocycles. The number of ether oxygens (including phenoxy) is 1.